The van der Waals surface area contributed by atoms with Crippen LogP contribution in [-0.4, -0.2) is 31.2 Å². The normalized spacial score (nSPS) is 10.7. The van der Waals surface area contributed by atoms with Crippen molar-refractivity contribution in [2.24, 2.45) is 7.05 Å². The maximum Gasteiger partial charge on any atom is 0.269 e. The van der Waals surface area contributed by atoms with Gasteiger partial charge in [0.15, 0.2) is 16.8 Å². The predicted octanol–water partition coefficient (Wildman–Crippen LogP) is 4.02. The lowest BCUT2D eigenvalue weighted by molar-refractivity contribution is -0.384. The first kappa shape index (κ1) is 18.1. The Balaban J connectivity index is 1.71. The van der Waals surface area contributed by atoms with Gasteiger partial charge in [0.05, 0.1) is 10.7 Å². The second kappa shape index (κ2) is 7.67. The number of carbonyl (C=O) groups excluding carboxylic acids is 1. The van der Waals surface area contributed by atoms with E-state index in [1.165, 1.54) is 23.9 Å². The number of rotatable bonds is 6. The number of nitrogens with zero attached hydrogens (tertiary/aromatic N) is 4. The van der Waals surface area contributed by atoms with E-state index < -0.39 is 4.92 Å². The number of hydrogen-bond donors (Lipinski definition) is 0. The van der Waals surface area contributed by atoms with Gasteiger partial charge in [0.25, 0.3) is 5.69 Å². The van der Waals surface area contributed by atoms with Gasteiger partial charge in [-0.25, -0.2) is 0 Å². The third kappa shape index (κ3) is 3.92. The van der Waals surface area contributed by atoms with Crippen LogP contribution >= 0.6 is 23.4 Å². The Kier molecular flexibility index (Phi) is 5.34. The number of Topliss-reactive ketones (excluding diaryl/α,β-unsaturated/α-hetero) is 1. The van der Waals surface area contributed by atoms with Gasteiger partial charge in [0, 0.05) is 35.3 Å². The van der Waals surface area contributed by atoms with E-state index in [1.54, 1.807) is 48.0 Å². The molecule has 132 valence electrons. The number of aromatic nitrogens is 3. The van der Waals surface area contributed by atoms with E-state index in [1.807, 2.05) is 0 Å². The van der Waals surface area contributed by atoms with E-state index in [0.717, 1.165) is 0 Å². The van der Waals surface area contributed by atoms with Crippen LogP contribution < -0.4 is 0 Å². The largest absolute Gasteiger partial charge is 0.305 e. The average Bonchev–Trinajstić information content (AvgIpc) is 3.01. The van der Waals surface area contributed by atoms with Crippen molar-refractivity contribution >= 4 is 34.8 Å². The van der Waals surface area contributed by atoms with Crippen LogP contribution in [0.1, 0.15) is 10.4 Å². The molecule has 0 unspecified atom stereocenters. The van der Waals surface area contributed by atoms with Crippen molar-refractivity contribution in [2.45, 2.75) is 5.16 Å². The van der Waals surface area contributed by atoms with Crippen LogP contribution in [0.25, 0.3) is 11.4 Å². The Morgan fingerprint density at radius 3 is 2.42 bits per heavy atom. The number of ketones is 1. The molecule has 0 atom stereocenters. The number of benzene rings is 2. The first-order valence-corrected chi connectivity index (χ1v) is 8.88. The van der Waals surface area contributed by atoms with Crippen LogP contribution in [0.15, 0.2) is 53.7 Å². The number of carbonyl (C=O) groups is 1. The zero-order valence-corrected chi connectivity index (χ0v) is 15.2. The minimum atomic E-state index is -0.454. The van der Waals surface area contributed by atoms with Crippen molar-refractivity contribution in [3.05, 3.63) is 69.2 Å². The summed E-state index contributed by atoms with van der Waals surface area (Å²) in [7, 11) is 1.78. The first-order valence-electron chi connectivity index (χ1n) is 7.51. The SMILES string of the molecule is Cn1c(SCC(=O)c2ccc(Cl)cc2)nnc1-c1ccc([N+](=O)[O-])cc1. The second-order valence-electron chi connectivity index (χ2n) is 5.39. The monoisotopic (exact) mass is 388 g/mol. The van der Waals surface area contributed by atoms with Crippen molar-refractivity contribution in [2.75, 3.05) is 5.75 Å². The Bertz CT molecular complexity index is 955. The summed E-state index contributed by atoms with van der Waals surface area (Å²) in [6.07, 6.45) is 0. The molecule has 1 aromatic heterocycles. The highest BCUT2D eigenvalue weighted by Gasteiger charge is 2.15. The number of nitro groups is 1. The van der Waals surface area contributed by atoms with E-state index in [2.05, 4.69) is 10.2 Å². The van der Waals surface area contributed by atoms with E-state index >= 15 is 0 Å². The first-order chi connectivity index (χ1) is 12.5. The third-order valence-corrected chi connectivity index (χ3v) is 4.94. The zero-order valence-electron chi connectivity index (χ0n) is 13.6. The quantitative estimate of drug-likeness (QED) is 0.274. The summed E-state index contributed by atoms with van der Waals surface area (Å²) in [5.41, 5.74) is 1.31. The van der Waals surface area contributed by atoms with Crippen molar-refractivity contribution in [1.29, 1.82) is 0 Å². The van der Waals surface area contributed by atoms with Crippen molar-refractivity contribution in [1.82, 2.24) is 14.8 Å². The highest BCUT2D eigenvalue weighted by atomic mass is 35.5. The maximum absolute atomic E-state index is 12.2. The maximum atomic E-state index is 12.2. The molecular weight excluding hydrogens is 376 g/mol. The molecule has 0 aliphatic rings. The van der Waals surface area contributed by atoms with Crippen LogP contribution in [0.2, 0.25) is 5.02 Å². The molecule has 0 N–H and O–H groups in total. The fourth-order valence-corrected chi connectivity index (χ4v) is 3.20. The molecule has 2 aromatic carbocycles. The molecule has 0 radical (unpaired) electrons. The molecule has 0 spiro atoms. The summed E-state index contributed by atoms with van der Waals surface area (Å²) in [5, 5.41) is 20.1. The van der Waals surface area contributed by atoms with Gasteiger partial charge in [0.1, 0.15) is 0 Å². The second-order valence-corrected chi connectivity index (χ2v) is 6.77. The molecule has 0 saturated heterocycles. The standard InChI is InChI=1S/C17H13ClN4O3S/c1-21-16(12-4-8-14(9-5-12)22(24)25)19-20-17(21)26-10-15(23)11-2-6-13(18)7-3-11/h2-9H,10H2,1H3. The highest BCUT2D eigenvalue weighted by molar-refractivity contribution is 7.99. The summed E-state index contributed by atoms with van der Waals surface area (Å²) in [4.78, 5) is 22.5. The van der Waals surface area contributed by atoms with Crippen LogP contribution in [0.5, 0.6) is 0 Å². The molecule has 0 amide bonds. The van der Waals surface area contributed by atoms with Gasteiger partial charge in [-0.05, 0) is 36.4 Å². The molecular formula is C17H13ClN4O3S. The van der Waals surface area contributed by atoms with E-state index in [9.17, 15) is 14.9 Å². The molecule has 1 heterocycles. The van der Waals surface area contributed by atoms with Gasteiger partial charge < -0.3 is 4.57 Å². The van der Waals surface area contributed by atoms with Crippen molar-refractivity contribution in [3.8, 4) is 11.4 Å². The Labute approximate surface area is 158 Å². The van der Waals surface area contributed by atoms with Crippen LogP contribution in [0, 0.1) is 10.1 Å². The number of hydrogen-bond acceptors (Lipinski definition) is 6. The predicted molar refractivity (Wildman–Crippen MR) is 99.6 cm³/mol. The lowest BCUT2D eigenvalue weighted by atomic mass is 10.1. The van der Waals surface area contributed by atoms with Gasteiger partial charge in [-0.3, -0.25) is 14.9 Å². The highest BCUT2D eigenvalue weighted by Crippen LogP contribution is 2.25. The Morgan fingerprint density at radius 2 is 1.81 bits per heavy atom. The van der Waals surface area contributed by atoms with Crippen LogP contribution in [0.4, 0.5) is 5.69 Å². The third-order valence-electron chi connectivity index (χ3n) is 3.67. The number of nitro benzene ring substituents is 1. The molecule has 3 aromatic rings. The van der Waals surface area contributed by atoms with Crippen LogP contribution in [0.3, 0.4) is 0 Å². The molecule has 26 heavy (non-hydrogen) atoms. The number of non-ortho nitro benzene ring substituents is 1. The lowest BCUT2D eigenvalue weighted by Crippen LogP contribution is -2.03. The molecule has 0 saturated carbocycles. The van der Waals surface area contributed by atoms with E-state index in [4.69, 9.17) is 11.6 Å². The number of halogens is 1. The summed E-state index contributed by atoms with van der Waals surface area (Å²) >= 11 is 7.10. The van der Waals surface area contributed by atoms with E-state index in [-0.39, 0.29) is 17.2 Å². The van der Waals surface area contributed by atoms with Gasteiger partial charge in [-0.1, -0.05) is 23.4 Å². The minimum absolute atomic E-state index is 0.0130. The van der Waals surface area contributed by atoms with Crippen LogP contribution in [-0.2, 0) is 7.05 Å². The lowest BCUT2D eigenvalue weighted by Gasteiger charge is -2.04. The van der Waals surface area contributed by atoms with Crippen molar-refractivity contribution < 1.29 is 9.72 Å². The van der Waals surface area contributed by atoms with Crippen molar-refractivity contribution in [3.63, 3.8) is 0 Å². The fraction of sp³-hybridized carbons (Fsp3) is 0.118. The van der Waals surface area contributed by atoms with Gasteiger partial charge in [0.2, 0.25) is 0 Å². The summed E-state index contributed by atoms with van der Waals surface area (Å²) in [6.45, 7) is 0. The van der Waals surface area contributed by atoms with Gasteiger partial charge in [-0.2, -0.15) is 0 Å². The summed E-state index contributed by atoms with van der Waals surface area (Å²) < 4.78 is 1.75. The zero-order chi connectivity index (χ0) is 18.7. The average molecular weight is 389 g/mol. The molecule has 7 nitrogen and oxygen atoms in total. The van der Waals surface area contributed by atoms with Gasteiger partial charge in [-0.15, -0.1) is 10.2 Å². The minimum Gasteiger partial charge on any atom is -0.305 e. The summed E-state index contributed by atoms with van der Waals surface area (Å²) in [6, 6.07) is 12.8. The molecule has 0 bridgehead atoms. The Hall–Kier alpha value is -2.71. The Morgan fingerprint density at radius 1 is 1.15 bits per heavy atom. The fourth-order valence-electron chi connectivity index (χ4n) is 2.27. The molecule has 0 aliphatic heterocycles. The van der Waals surface area contributed by atoms with E-state index in [0.29, 0.717) is 27.1 Å². The molecule has 3 rings (SSSR count). The topological polar surface area (TPSA) is 90.9 Å². The smallest absolute Gasteiger partial charge is 0.269 e. The molecule has 0 aliphatic carbocycles. The van der Waals surface area contributed by atoms with Gasteiger partial charge >= 0.3 is 0 Å². The summed E-state index contributed by atoms with van der Waals surface area (Å²) in [5.74, 6) is 0.751. The number of thioether (sulfide) groups is 1. The molecule has 9 heteroatoms. The molecule has 0 fully saturated rings.